The van der Waals surface area contributed by atoms with E-state index in [0.717, 1.165) is 11.5 Å². The van der Waals surface area contributed by atoms with Crippen molar-refractivity contribution in [3.63, 3.8) is 0 Å². The third kappa shape index (κ3) is 8.01. The number of hydrogen-bond donors (Lipinski definition) is 2. The molecule has 2 nitrogen and oxygen atoms in total. The Labute approximate surface area is 67.0 Å². The van der Waals surface area contributed by atoms with Gasteiger partial charge in [-0.25, -0.2) is 0 Å². The van der Waals surface area contributed by atoms with Crippen LogP contribution in [0.15, 0.2) is 12.2 Å². The molecule has 0 spiro atoms. The Hall–Kier alpha value is 0.01000. The van der Waals surface area contributed by atoms with E-state index in [1.54, 1.807) is 0 Å². The summed E-state index contributed by atoms with van der Waals surface area (Å²) in [7, 11) is 0. The molecule has 0 rings (SSSR count). The zero-order valence-electron chi connectivity index (χ0n) is 6.42. The summed E-state index contributed by atoms with van der Waals surface area (Å²) >= 11 is 1.83. The highest BCUT2D eigenvalue weighted by Crippen LogP contribution is 2.00. The molecule has 3 heteroatoms. The maximum absolute atomic E-state index is 5.54. The molecule has 1 atom stereocenters. The lowest BCUT2D eigenvalue weighted by Crippen LogP contribution is -2.17. The first-order chi connectivity index (χ1) is 4.77. The van der Waals surface area contributed by atoms with Gasteiger partial charge in [0.2, 0.25) is 0 Å². The molecule has 0 amide bonds. The fourth-order valence-electron chi connectivity index (χ4n) is 0.486. The van der Waals surface area contributed by atoms with Crippen molar-refractivity contribution in [3.8, 4) is 0 Å². The van der Waals surface area contributed by atoms with E-state index in [4.69, 9.17) is 11.5 Å². The normalized spacial score (nSPS) is 14.3. The Morgan fingerprint density at radius 3 is 2.70 bits per heavy atom. The monoisotopic (exact) mass is 160 g/mol. The van der Waals surface area contributed by atoms with Gasteiger partial charge >= 0.3 is 0 Å². The van der Waals surface area contributed by atoms with Crippen LogP contribution in [-0.4, -0.2) is 24.1 Å². The number of thioether (sulfide) groups is 1. The van der Waals surface area contributed by atoms with E-state index in [1.807, 2.05) is 24.8 Å². The fourth-order valence-corrected chi connectivity index (χ4v) is 1.27. The molecule has 0 aliphatic heterocycles. The van der Waals surface area contributed by atoms with Gasteiger partial charge in [-0.3, -0.25) is 0 Å². The molecule has 10 heavy (non-hydrogen) atoms. The molecule has 0 aromatic rings. The molecule has 0 radical (unpaired) electrons. The van der Waals surface area contributed by atoms with E-state index >= 15 is 0 Å². The van der Waals surface area contributed by atoms with Gasteiger partial charge in [0.15, 0.2) is 0 Å². The van der Waals surface area contributed by atoms with Gasteiger partial charge in [0.1, 0.15) is 0 Å². The summed E-state index contributed by atoms with van der Waals surface area (Å²) in [4.78, 5) is 0. The van der Waals surface area contributed by atoms with Gasteiger partial charge in [0.05, 0.1) is 0 Å². The topological polar surface area (TPSA) is 52.0 Å². The molecule has 1 unspecified atom stereocenters. The first kappa shape index (κ1) is 10.0. The minimum atomic E-state index is 0.302. The van der Waals surface area contributed by atoms with Crippen LogP contribution in [0.25, 0.3) is 0 Å². The summed E-state index contributed by atoms with van der Waals surface area (Å²) in [5, 5.41) is 0. The van der Waals surface area contributed by atoms with Crippen molar-refractivity contribution in [1.82, 2.24) is 0 Å². The summed E-state index contributed by atoms with van der Waals surface area (Å²) < 4.78 is 0. The van der Waals surface area contributed by atoms with Gasteiger partial charge in [-0.2, -0.15) is 11.8 Å². The van der Waals surface area contributed by atoms with Crippen LogP contribution < -0.4 is 11.5 Å². The largest absolute Gasteiger partial charge is 0.327 e. The number of nitrogens with two attached hydrogens (primary N) is 2. The van der Waals surface area contributed by atoms with E-state index < -0.39 is 0 Å². The molecular formula is C7H16N2S. The maximum atomic E-state index is 5.54. The van der Waals surface area contributed by atoms with E-state index in [9.17, 15) is 0 Å². The highest BCUT2D eigenvalue weighted by molar-refractivity contribution is 7.99. The summed E-state index contributed by atoms with van der Waals surface area (Å²) in [5.41, 5.74) is 10.8. The third-order valence-corrected chi connectivity index (χ3v) is 2.09. The Kier molecular flexibility index (Phi) is 7.13. The maximum Gasteiger partial charge on any atom is 0.0114 e. The molecule has 0 heterocycles. The lowest BCUT2D eigenvalue weighted by atomic mass is 10.4. The van der Waals surface area contributed by atoms with Crippen molar-refractivity contribution in [2.75, 3.05) is 18.1 Å². The second-order valence-corrected chi connectivity index (χ2v) is 3.30. The van der Waals surface area contributed by atoms with Gasteiger partial charge in [-0.05, 0) is 6.92 Å². The molecule has 0 saturated carbocycles. The van der Waals surface area contributed by atoms with Crippen molar-refractivity contribution < 1.29 is 0 Å². The van der Waals surface area contributed by atoms with Crippen LogP contribution in [0.3, 0.4) is 0 Å². The van der Waals surface area contributed by atoms with Gasteiger partial charge < -0.3 is 11.5 Å². The summed E-state index contributed by atoms with van der Waals surface area (Å²) in [5.74, 6) is 2.05. The smallest absolute Gasteiger partial charge is 0.0114 e. The van der Waals surface area contributed by atoms with Crippen LogP contribution in [0.5, 0.6) is 0 Å². The number of rotatable bonds is 5. The molecule has 0 fully saturated rings. The van der Waals surface area contributed by atoms with E-state index in [-0.39, 0.29) is 0 Å². The SMILES string of the molecule is CC(N)CSCC=CCN. The lowest BCUT2D eigenvalue weighted by molar-refractivity contribution is 0.848. The highest BCUT2D eigenvalue weighted by Gasteiger charge is 1.90. The molecular weight excluding hydrogens is 144 g/mol. The van der Waals surface area contributed by atoms with Gasteiger partial charge in [0.25, 0.3) is 0 Å². The quantitative estimate of drug-likeness (QED) is 0.457. The first-order valence-electron chi connectivity index (χ1n) is 3.45. The Balaban J connectivity index is 2.97. The predicted octanol–water partition coefficient (Wildman–Crippen LogP) is 0.582. The van der Waals surface area contributed by atoms with E-state index in [0.29, 0.717) is 12.6 Å². The Morgan fingerprint density at radius 1 is 1.50 bits per heavy atom. The molecule has 0 bridgehead atoms. The van der Waals surface area contributed by atoms with Gasteiger partial charge in [0, 0.05) is 24.1 Å². The highest BCUT2D eigenvalue weighted by atomic mass is 32.2. The second kappa shape index (κ2) is 7.12. The van der Waals surface area contributed by atoms with Gasteiger partial charge in [-0.15, -0.1) is 0 Å². The second-order valence-electron chi connectivity index (χ2n) is 2.22. The average molecular weight is 160 g/mol. The summed E-state index contributed by atoms with van der Waals surface area (Å²) in [6.07, 6.45) is 4.04. The summed E-state index contributed by atoms with van der Waals surface area (Å²) in [6.45, 7) is 2.65. The van der Waals surface area contributed by atoms with E-state index in [2.05, 4.69) is 6.08 Å². The molecule has 0 aromatic heterocycles. The fraction of sp³-hybridized carbons (Fsp3) is 0.714. The molecule has 0 saturated heterocycles. The number of hydrogen-bond acceptors (Lipinski definition) is 3. The lowest BCUT2D eigenvalue weighted by Gasteiger charge is -2.00. The molecule has 0 aliphatic rings. The van der Waals surface area contributed by atoms with Crippen LogP contribution in [0.1, 0.15) is 6.92 Å². The average Bonchev–Trinajstić information content (AvgIpc) is 1.87. The predicted molar refractivity (Wildman–Crippen MR) is 49.2 cm³/mol. The molecule has 4 N–H and O–H groups in total. The minimum absolute atomic E-state index is 0.302. The zero-order chi connectivity index (χ0) is 7.82. The van der Waals surface area contributed by atoms with Crippen LogP contribution in [0, 0.1) is 0 Å². The zero-order valence-corrected chi connectivity index (χ0v) is 7.23. The standard InChI is InChI=1S/C7H16N2S/c1-7(9)6-10-5-3-2-4-8/h2-3,7H,4-6,8-9H2,1H3. The van der Waals surface area contributed by atoms with Gasteiger partial charge in [-0.1, -0.05) is 12.2 Å². The van der Waals surface area contributed by atoms with Crippen LogP contribution in [0.4, 0.5) is 0 Å². The Bertz CT molecular complexity index is 91.6. The van der Waals surface area contributed by atoms with Crippen molar-refractivity contribution in [2.24, 2.45) is 11.5 Å². The van der Waals surface area contributed by atoms with Crippen molar-refractivity contribution in [2.45, 2.75) is 13.0 Å². The van der Waals surface area contributed by atoms with Crippen LogP contribution >= 0.6 is 11.8 Å². The van der Waals surface area contributed by atoms with Crippen molar-refractivity contribution >= 4 is 11.8 Å². The molecule has 0 aliphatic carbocycles. The van der Waals surface area contributed by atoms with Crippen molar-refractivity contribution in [1.29, 1.82) is 0 Å². The third-order valence-electron chi connectivity index (χ3n) is 0.898. The Morgan fingerprint density at radius 2 is 2.20 bits per heavy atom. The molecule has 60 valence electrons. The summed E-state index contributed by atoms with van der Waals surface area (Å²) in [6, 6.07) is 0.302. The minimum Gasteiger partial charge on any atom is -0.327 e. The molecule has 0 aromatic carbocycles. The van der Waals surface area contributed by atoms with Crippen molar-refractivity contribution in [3.05, 3.63) is 12.2 Å². The van der Waals surface area contributed by atoms with E-state index in [1.165, 1.54) is 0 Å². The first-order valence-corrected chi connectivity index (χ1v) is 4.61. The van der Waals surface area contributed by atoms with Crippen LogP contribution in [0.2, 0.25) is 0 Å². The van der Waals surface area contributed by atoms with Crippen LogP contribution in [-0.2, 0) is 0 Å².